The van der Waals surface area contributed by atoms with Crippen LogP contribution in [0.2, 0.25) is 0 Å². The minimum atomic E-state index is -0.204. The molecule has 2 heterocycles. The van der Waals surface area contributed by atoms with Crippen LogP contribution in [0, 0.1) is 0 Å². The number of carbonyl (C=O) groups is 1. The minimum Gasteiger partial charge on any atom is -0.497 e. The molecule has 0 spiro atoms. The fourth-order valence-corrected chi connectivity index (χ4v) is 3.35. The van der Waals surface area contributed by atoms with Crippen LogP contribution in [0.3, 0.4) is 0 Å². The molecule has 0 radical (unpaired) electrons. The number of aromatic nitrogens is 2. The molecule has 1 aliphatic carbocycles. The Kier molecular flexibility index (Phi) is 3.93. The molecule has 2 aromatic carbocycles. The summed E-state index contributed by atoms with van der Waals surface area (Å²) in [6.07, 6.45) is 2.18. The number of hydrogen-bond donors (Lipinski definition) is 2. The topological polar surface area (TPSA) is 85.5 Å². The van der Waals surface area contributed by atoms with E-state index in [9.17, 15) is 4.79 Å². The number of carbonyl (C=O) groups excluding carboxylic acids is 1. The van der Waals surface area contributed by atoms with Crippen LogP contribution in [0.1, 0.15) is 34.8 Å². The van der Waals surface area contributed by atoms with Crippen LogP contribution in [-0.4, -0.2) is 30.0 Å². The first-order chi connectivity index (χ1) is 13.7. The van der Waals surface area contributed by atoms with Gasteiger partial charge in [-0.3, -0.25) is 9.89 Å². The Morgan fingerprint density at radius 3 is 2.86 bits per heavy atom. The number of rotatable bonds is 5. The van der Waals surface area contributed by atoms with Crippen molar-refractivity contribution >= 4 is 11.6 Å². The number of fused-ring (bicyclic) bond motifs is 1. The third-order valence-electron chi connectivity index (χ3n) is 5.00. The summed E-state index contributed by atoms with van der Waals surface area (Å²) in [5, 5.41) is 10.7. The van der Waals surface area contributed by atoms with Gasteiger partial charge in [0.05, 0.1) is 18.5 Å². The van der Waals surface area contributed by atoms with Gasteiger partial charge in [0.15, 0.2) is 11.5 Å². The first kappa shape index (κ1) is 16.7. The van der Waals surface area contributed by atoms with Crippen LogP contribution >= 0.6 is 0 Å². The molecule has 28 heavy (non-hydrogen) atoms. The van der Waals surface area contributed by atoms with E-state index in [1.165, 1.54) is 0 Å². The summed E-state index contributed by atoms with van der Waals surface area (Å²) >= 11 is 0. The van der Waals surface area contributed by atoms with E-state index in [1.807, 2.05) is 24.3 Å². The van der Waals surface area contributed by atoms with Crippen molar-refractivity contribution in [2.75, 3.05) is 19.2 Å². The molecule has 2 aliphatic rings. The van der Waals surface area contributed by atoms with Crippen molar-refractivity contribution in [3.8, 4) is 28.5 Å². The molecule has 7 nitrogen and oxygen atoms in total. The second-order valence-electron chi connectivity index (χ2n) is 6.89. The number of nitrogens with one attached hydrogen (secondary N) is 2. The zero-order chi connectivity index (χ0) is 19.1. The van der Waals surface area contributed by atoms with E-state index >= 15 is 0 Å². The molecule has 7 heteroatoms. The molecule has 3 aromatic rings. The van der Waals surface area contributed by atoms with E-state index in [-0.39, 0.29) is 12.7 Å². The summed E-state index contributed by atoms with van der Waals surface area (Å²) in [4.78, 5) is 12.9. The molecule has 0 unspecified atom stereocenters. The average Bonchev–Trinajstić information content (AvgIpc) is 3.32. The number of amides is 1. The number of methoxy groups -OCH3 is 1. The summed E-state index contributed by atoms with van der Waals surface area (Å²) in [5.41, 5.74) is 3.75. The number of H-pyrrole nitrogens is 1. The normalized spacial score (nSPS) is 14.8. The molecule has 1 aromatic heterocycles. The number of aromatic amines is 1. The highest BCUT2D eigenvalue weighted by molar-refractivity contribution is 6.06. The van der Waals surface area contributed by atoms with Crippen molar-refractivity contribution in [2.24, 2.45) is 0 Å². The maximum absolute atomic E-state index is 12.9. The molecule has 0 bridgehead atoms. The van der Waals surface area contributed by atoms with E-state index in [4.69, 9.17) is 14.2 Å². The van der Waals surface area contributed by atoms with E-state index in [0.717, 1.165) is 24.1 Å². The van der Waals surface area contributed by atoms with Gasteiger partial charge in [0, 0.05) is 17.0 Å². The van der Waals surface area contributed by atoms with Crippen molar-refractivity contribution < 1.29 is 19.0 Å². The highest BCUT2D eigenvalue weighted by Gasteiger charge is 2.31. The number of nitrogens with zero attached hydrogens (tertiary/aromatic N) is 1. The molecular formula is C21H19N3O4. The average molecular weight is 377 g/mol. The first-order valence-corrected chi connectivity index (χ1v) is 9.16. The second kappa shape index (κ2) is 6.60. The highest BCUT2D eigenvalue weighted by Crippen LogP contribution is 2.46. The van der Waals surface area contributed by atoms with Crippen LogP contribution in [0.4, 0.5) is 5.69 Å². The predicted molar refractivity (Wildman–Crippen MR) is 103 cm³/mol. The zero-order valence-corrected chi connectivity index (χ0v) is 15.3. The highest BCUT2D eigenvalue weighted by atomic mass is 16.7. The Morgan fingerprint density at radius 2 is 2.04 bits per heavy atom. The summed E-state index contributed by atoms with van der Waals surface area (Å²) in [7, 11) is 1.58. The van der Waals surface area contributed by atoms with Gasteiger partial charge < -0.3 is 19.5 Å². The lowest BCUT2D eigenvalue weighted by molar-refractivity contribution is 0.102. The standard InChI is InChI=1S/C21H19N3O4/c1-26-15-4-2-3-14(9-15)21(25)22-20-18(12-5-6-12)23-24-19(20)13-7-8-16-17(10-13)28-11-27-16/h2-4,7-10,12H,5-6,11H2,1H3,(H,22,25)(H,23,24). The van der Waals surface area contributed by atoms with E-state index in [0.29, 0.717) is 40.1 Å². The maximum atomic E-state index is 12.9. The SMILES string of the molecule is COc1cccc(C(=O)Nc2c(-c3ccc4c(c3)OCO4)n[nH]c2C2CC2)c1. The lowest BCUT2D eigenvalue weighted by atomic mass is 10.1. The fraction of sp³-hybridized carbons (Fsp3) is 0.238. The third-order valence-corrected chi connectivity index (χ3v) is 5.00. The van der Waals surface area contributed by atoms with Gasteiger partial charge in [0.1, 0.15) is 11.4 Å². The van der Waals surface area contributed by atoms with Crippen molar-refractivity contribution in [2.45, 2.75) is 18.8 Å². The summed E-state index contributed by atoms with van der Waals surface area (Å²) in [5.74, 6) is 2.22. The van der Waals surface area contributed by atoms with Crippen LogP contribution in [0.5, 0.6) is 17.2 Å². The van der Waals surface area contributed by atoms with E-state index < -0.39 is 0 Å². The zero-order valence-electron chi connectivity index (χ0n) is 15.3. The van der Waals surface area contributed by atoms with Crippen molar-refractivity contribution in [1.82, 2.24) is 10.2 Å². The molecule has 1 aliphatic heterocycles. The Morgan fingerprint density at radius 1 is 1.18 bits per heavy atom. The molecule has 0 saturated heterocycles. The van der Waals surface area contributed by atoms with Gasteiger partial charge in [-0.2, -0.15) is 5.10 Å². The first-order valence-electron chi connectivity index (χ1n) is 9.16. The Bertz CT molecular complexity index is 1060. The van der Waals surface area contributed by atoms with Crippen LogP contribution < -0.4 is 19.5 Å². The fourth-order valence-electron chi connectivity index (χ4n) is 3.35. The molecule has 5 rings (SSSR count). The van der Waals surface area contributed by atoms with Gasteiger partial charge >= 0.3 is 0 Å². The monoisotopic (exact) mass is 377 g/mol. The number of benzene rings is 2. The van der Waals surface area contributed by atoms with Gasteiger partial charge in [-0.1, -0.05) is 6.07 Å². The Hall–Kier alpha value is -3.48. The lowest BCUT2D eigenvalue weighted by Crippen LogP contribution is -2.13. The van der Waals surface area contributed by atoms with Crippen molar-refractivity contribution in [3.05, 3.63) is 53.7 Å². The Labute approximate surface area is 161 Å². The van der Waals surface area contributed by atoms with E-state index in [2.05, 4.69) is 15.5 Å². The van der Waals surface area contributed by atoms with E-state index in [1.54, 1.807) is 25.3 Å². The summed E-state index contributed by atoms with van der Waals surface area (Å²) in [6, 6.07) is 12.7. The smallest absolute Gasteiger partial charge is 0.255 e. The molecule has 1 saturated carbocycles. The minimum absolute atomic E-state index is 0.204. The molecular weight excluding hydrogens is 358 g/mol. The van der Waals surface area contributed by atoms with Gasteiger partial charge in [-0.15, -0.1) is 0 Å². The molecule has 2 N–H and O–H groups in total. The number of anilines is 1. The van der Waals surface area contributed by atoms with Crippen LogP contribution in [0.15, 0.2) is 42.5 Å². The molecule has 142 valence electrons. The largest absolute Gasteiger partial charge is 0.497 e. The molecule has 1 fully saturated rings. The Balaban J connectivity index is 1.51. The third kappa shape index (κ3) is 2.94. The maximum Gasteiger partial charge on any atom is 0.255 e. The molecule has 0 atom stereocenters. The summed E-state index contributed by atoms with van der Waals surface area (Å²) in [6.45, 7) is 0.214. The van der Waals surface area contributed by atoms with Crippen molar-refractivity contribution in [3.63, 3.8) is 0 Å². The lowest BCUT2D eigenvalue weighted by Gasteiger charge is -2.10. The van der Waals surface area contributed by atoms with Crippen LogP contribution in [0.25, 0.3) is 11.3 Å². The molecule has 1 amide bonds. The summed E-state index contributed by atoms with van der Waals surface area (Å²) < 4.78 is 16.1. The predicted octanol–water partition coefficient (Wildman–Crippen LogP) is 3.94. The van der Waals surface area contributed by atoms with Crippen molar-refractivity contribution in [1.29, 1.82) is 0 Å². The van der Waals surface area contributed by atoms with Gasteiger partial charge in [0.25, 0.3) is 5.91 Å². The second-order valence-corrected chi connectivity index (χ2v) is 6.89. The number of ether oxygens (including phenoxy) is 3. The van der Waals surface area contributed by atoms with Crippen LogP contribution in [-0.2, 0) is 0 Å². The van der Waals surface area contributed by atoms with Gasteiger partial charge in [-0.05, 0) is 49.2 Å². The van der Waals surface area contributed by atoms with Gasteiger partial charge in [0.2, 0.25) is 6.79 Å². The quantitative estimate of drug-likeness (QED) is 0.703. The number of hydrogen-bond acceptors (Lipinski definition) is 5. The van der Waals surface area contributed by atoms with Gasteiger partial charge in [-0.25, -0.2) is 0 Å².